The molecule has 3 rings (SSSR count). The van der Waals surface area contributed by atoms with E-state index in [0.717, 1.165) is 21.7 Å². The molecule has 146 valence electrons. The summed E-state index contributed by atoms with van der Waals surface area (Å²) >= 11 is 0.978. The Morgan fingerprint density at radius 3 is 2.36 bits per heavy atom. The first-order valence-electron chi connectivity index (χ1n) is 8.20. The molecule has 1 aromatic heterocycles. The molecule has 5 nitrogen and oxygen atoms in total. The number of carbonyl (C=O) groups is 1. The van der Waals surface area contributed by atoms with Crippen LogP contribution in [0.3, 0.4) is 0 Å². The Labute approximate surface area is 165 Å². The summed E-state index contributed by atoms with van der Waals surface area (Å²) in [6.07, 6.45) is 0. The highest BCUT2D eigenvalue weighted by Gasteiger charge is 2.29. The number of rotatable bonds is 7. The van der Waals surface area contributed by atoms with Gasteiger partial charge in [-0.1, -0.05) is 30.3 Å². The molecule has 9 heteroatoms. The Morgan fingerprint density at radius 2 is 1.71 bits per heavy atom. The molecular formula is C19H16F2N2O3S2. The zero-order valence-corrected chi connectivity index (χ0v) is 16.1. The van der Waals surface area contributed by atoms with Crippen LogP contribution in [0.5, 0.6) is 0 Å². The molecule has 0 atom stereocenters. The number of halogens is 2. The first-order valence-corrected chi connectivity index (χ1v) is 10.5. The van der Waals surface area contributed by atoms with Crippen LogP contribution in [-0.2, 0) is 21.4 Å². The van der Waals surface area contributed by atoms with Gasteiger partial charge in [0.25, 0.3) is 10.0 Å². The molecule has 0 aliphatic carbocycles. The van der Waals surface area contributed by atoms with Gasteiger partial charge in [-0.15, -0.1) is 11.3 Å². The third kappa shape index (κ3) is 4.55. The SMILES string of the molecule is O=C(CN(c1ccccc1F)S(=O)(=O)c1cccs1)NCc1ccc(F)cc1. The molecule has 28 heavy (non-hydrogen) atoms. The predicted octanol–water partition coefficient (Wildman–Crippen LogP) is 3.54. The smallest absolute Gasteiger partial charge is 0.274 e. The summed E-state index contributed by atoms with van der Waals surface area (Å²) < 4.78 is 53.9. The van der Waals surface area contributed by atoms with E-state index in [1.165, 1.54) is 48.5 Å². The van der Waals surface area contributed by atoms with E-state index in [1.807, 2.05) is 0 Å². The van der Waals surface area contributed by atoms with Gasteiger partial charge in [0, 0.05) is 6.54 Å². The van der Waals surface area contributed by atoms with E-state index >= 15 is 0 Å². The second-order valence-electron chi connectivity index (χ2n) is 5.80. The number of amides is 1. The van der Waals surface area contributed by atoms with E-state index < -0.39 is 34.1 Å². The number of thiophene rings is 1. The topological polar surface area (TPSA) is 66.5 Å². The first kappa shape index (κ1) is 20.0. The van der Waals surface area contributed by atoms with Crippen LogP contribution in [0.15, 0.2) is 70.3 Å². The highest BCUT2D eigenvalue weighted by molar-refractivity contribution is 7.94. The summed E-state index contributed by atoms with van der Waals surface area (Å²) in [4.78, 5) is 12.4. The van der Waals surface area contributed by atoms with Gasteiger partial charge in [0.2, 0.25) is 5.91 Å². The highest BCUT2D eigenvalue weighted by atomic mass is 32.2. The molecular weight excluding hydrogens is 406 g/mol. The Bertz CT molecular complexity index is 1050. The van der Waals surface area contributed by atoms with Gasteiger partial charge in [-0.25, -0.2) is 17.2 Å². The van der Waals surface area contributed by atoms with Gasteiger partial charge < -0.3 is 5.32 Å². The summed E-state index contributed by atoms with van der Waals surface area (Å²) in [6, 6.07) is 13.8. The van der Waals surface area contributed by atoms with Gasteiger partial charge in [-0.2, -0.15) is 0 Å². The number of hydrogen-bond donors (Lipinski definition) is 1. The van der Waals surface area contributed by atoms with Crippen molar-refractivity contribution in [2.45, 2.75) is 10.8 Å². The van der Waals surface area contributed by atoms with Gasteiger partial charge >= 0.3 is 0 Å². The van der Waals surface area contributed by atoms with E-state index in [0.29, 0.717) is 5.56 Å². The lowest BCUT2D eigenvalue weighted by Crippen LogP contribution is -2.40. The molecule has 0 saturated heterocycles. The zero-order valence-electron chi connectivity index (χ0n) is 14.5. The molecule has 0 spiro atoms. The van der Waals surface area contributed by atoms with Crippen molar-refractivity contribution in [1.29, 1.82) is 0 Å². The number of carbonyl (C=O) groups excluding carboxylic acids is 1. The number of para-hydroxylation sites is 1. The average molecular weight is 422 g/mol. The molecule has 0 aliphatic rings. The molecule has 1 amide bonds. The second-order valence-corrected chi connectivity index (χ2v) is 8.84. The number of anilines is 1. The Hall–Kier alpha value is -2.78. The van der Waals surface area contributed by atoms with E-state index in [2.05, 4.69) is 5.32 Å². The fourth-order valence-electron chi connectivity index (χ4n) is 2.46. The summed E-state index contributed by atoms with van der Waals surface area (Å²) in [5.74, 6) is -1.77. The minimum Gasteiger partial charge on any atom is -0.350 e. The maximum Gasteiger partial charge on any atom is 0.274 e. The normalized spacial score (nSPS) is 11.2. The van der Waals surface area contributed by atoms with Crippen LogP contribution in [0.4, 0.5) is 14.5 Å². The van der Waals surface area contributed by atoms with Crippen LogP contribution in [0, 0.1) is 11.6 Å². The van der Waals surface area contributed by atoms with Gasteiger partial charge in [0.15, 0.2) is 0 Å². The summed E-state index contributed by atoms with van der Waals surface area (Å²) in [6.45, 7) is -0.508. The average Bonchev–Trinajstić information content (AvgIpc) is 3.22. The number of nitrogens with one attached hydrogen (secondary N) is 1. The Balaban J connectivity index is 1.82. The summed E-state index contributed by atoms with van der Waals surface area (Å²) in [7, 11) is -4.12. The largest absolute Gasteiger partial charge is 0.350 e. The number of benzene rings is 2. The lowest BCUT2D eigenvalue weighted by Gasteiger charge is -2.23. The van der Waals surface area contributed by atoms with Crippen LogP contribution in [-0.4, -0.2) is 20.9 Å². The number of nitrogens with zero attached hydrogens (tertiary/aromatic N) is 1. The van der Waals surface area contributed by atoms with Crippen molar-refractivity contribution in [3.63, 3.8) is 0 Å². The van der Waals surface area contributed by atoms with Crippen molar-refractivity contribution in [3.8, 4) is 0 Å². The molecule has 0 saturated carbocycles. The molecule has 0 fully saturated rings. The highest BCUT2D eigenvalue weighted by Crippen LogP contribution is 2.28. The summed E-state index contributed by atoms with van der Waals surface area (Å²) in [5, 5.41) is 4.15. The Morgan fingerprint density at radius 1 is 1.00 bits per heavy atom. The van der Waals surface area contributed by atoms with Crippen LogP contribution >= 0.6 is 11.3 Å². The zero-order chi connectivity index (χ0) is 20.1. The third-order valence-electron chi connectivity index (χ3n) is 3.85. The van der Waals surface area contributed by atoms with Crippen LogP contribution in [0.25, 0.3) is 0 Å². The van der Waals surface area contributed by atoms with Gasteiger partial charge in [0.1, 0.15) is 22.4 Å². The molecule has 0 aliphatic heterocycles. The third-order valence-corrected chi connectivity index (χ3v) is 6.98. The number of sulfonamides is 1. The summed E-state index contributed by atoms with van der Waals surface area (Å²) in [5.41, 5.74) is 0.432. The van der Waals surface area contributed by atoms with E-state index in [-0.39, 0.29) is 16.4 Å². The van der Waals surface area contributed by atoms with Crippen LogP contribution in [0.2, 0.25) is 0 Å². The second kappa shape index (κ2) is 8.49. The monoisotopic (exact) mass is 422 g/mol. The van der Waals surface area contributed by atoms with Crippen molar-refractivity contribution in [3.05, 3.63) is 83.2 Å². The maximum atomic E-state index is 14.3. The van der Waals surface area contributed by atoms with Crippen molar-refractivity contribution in [2.75, 3.05) is 10.8 Å². The molecule has 2 aromatic carbocycles. The molecule has 1 N–H and O–H groups in total. The van der Waals surface area contributed by atoms with Crippen LogP contribution < -0.4 is 9.62 Å². The van der Waals surface area contributed by atoms with Gasteiger partial charge in [-0.05, 0) is 41.3 Å². The molecule has 0 radical (unpaired) electrons. The Kier molecular flexibility index (Phi) is 6.05. The maximum absolute atomic E-state index is 14.3. The lowest BCUT2D eigenvalue weighted by atomic mass is 10.2. The fraction of sp³-hybridized carbons (Fsp3) is 0.105. The standard InChI is InChI=1S/C19H16F2N2O3S2/c20-15-9-7-14(8-10-15)12-22-18(24)13-23(17-5-2-1-4-16(17)21)28(25,26)19-6-3-11-27-19/h1-11H,12-13H2,(H,22,24). The van der Waals surface area contributed by atoms with E-state index in [1.54, 1.807) is 11.4 Å². The van der Waals surface area contributed by atoms with Crippen molar-refractivity contribution >= 4 is 33.0 Å². The van der Waals surface area contributed by atoms with E-state index in [4.69, 9.17) is 0 Å². The van der Waals surface area contributed by atoms with Gasteiger partial charge in [0.05, 0.1) is 5.69 Å². The minimum atomic E-state index is -4.12. The molecule has 0 bridgehead atoms. The predicted molar refractivity (Wildman–Crippen MR) is 103 cm³/mol. The lowest BCUT2D eigenvalue weighted by molar-refractivity contribution is -0.119. The van der Waals surface area contributed by atoms with Crippen LogP contribution in [0.1, 0.15) is 5.56 Å². The molecule has 1 heterocycles. The first-order chi connectivity index (χ1) is 13.4. The minimum absolute atomic E-state index is 0.00193. The fourth-order valence-corrected chi connectivity index (χ4v) is 5.00. The molecule has 3 aromatic rings. The number of hydrogen-bond acceptors (Lipinski definition) is 4. The van der Waals surface area contributed by atoms with Gasteiger partial charge in [-0.3, -0.25) is 9.10 Å². The molecule has 0 unspecified atom stereocenters. The van der Waals surface area contributed by atoms with Crippen molar-refractivity contribution in [1.82, 2.24) is 5.32 Å². The van der Waals surface area contributed by atoms with E-state index in [9.17, 15) is 22.0 Å². The van der Waals surface area contributed by atoms with Crippen molar-refractivity contribution < 1.29 is 22.0 Å². The quantitative estimate of drug-likeness (QED) is 0.633. The van der Waals surface area contributed by atoms with Crippen molar-refractivity contribution in [2.24, 2.45) is 0 Å².